The Labute approximate surface area is 105 Å². The molecular weight excluding hydrogens is 212 g/mol. The van der Waals surface area contributed by atoms with Gasteiger partial charge in [-0.1, -0.05) is 26.7 Å². The minimum atomic E-state index is 0.381. The van der Waals surface area contributed by atoms with Crippen LogP contribution in [0.15, 0.2) is 4.99 Å². The molecule has 0 atom stereocenters. The van der Waals surface area contributed by atoms with Crippen molar-refractivity contribution in [3.63, 3.8) is 0 Å². The molecule has 0 unspecified atom stereocenters. The number of guanidine groups is 1. The van der Waals surface area contributed by atoms with E-state index in [0.717, 1.165) is 19.0 Å². The summed E-state index contributed by atoms with van der Waals surface area (Å²) in [4.78, 5) is 7.11. The van der Waals surface area contributed by atoms with Crippen molar-refractivity contribution >= 4 is 5.96 Å². The summed E-state index contributed by atoms with van der Waals surface area (Å²) in [6, 6.07) is 0.492. The molecule has 1 saturated heterocycles. The topological polar surface area (TPSA) is 53.6 Å². The van der Waals surface area contributed by atoms with Gasteiger partial charge < -0.3 is 4.90 Å². The number of hydrogen-bond acceptors (Lipinski definition) is 2. The molecule has 17 heavy (non-hydrogen) atoms. The molecule has 3 N–H and O–H groups in total. The van der Waals surface area contributed by atoms with E-state index in [1.807, 2.05) is 0 Å². The van der Waals surface area contributed by atoms with Crippen molar-refractivity contribution in [1.82, 2.24) is 10.3 Å². The van der Waals surface area contributed by atoms with Crippen LogP contribution in [-0.4, -0.2) is 30.0 Å². The number of aliphatic imine (C=N–C) groups is 1. The molecule has 0 spiro atoms. The van der Waals surface area contributed by atoms with Gasteiger partial charge in [-0.25, -0.2) is 10.8 Å². The fourth-order valence-electron chi connectivity index (χ4n) is 3.02. The SMILES string of the molecule is CC1(C)CCCN(C(=NC2CCCC2)NN)C1. The number of piperidine rings is 1. The van der Waals surface area contributed by atoms with Crippen LogP contribution in [-0.2, 0) is 0 Å². The van der Waals surface area contributed by atoms with E-state index >= 15 is 0 Å². The highest BCUT2D eigenvalue weighted by Gasteiger charge is 2.28. The highest BCUT2D eigenvalue weighted by molar-refractivity contribution is 5.79. The molecule has 0 bridgehead atoms. The van der Waals surface area contributed by atoms with Crippen LogP contribution in [0.4, 0.5) is 0 Å². The summed E-state index contributed by atoms with van der Waals surface area (Å²) in [7, 11) is 0. The van der Waals surface area contributed by atoms with E-state index in [1.165, 1.54) is 38.5 Å². The second-order valence-electron chi connectivity index (χ2n) is 6.22. The van der Waals surface area contributed by atoms with Crippen molar-refractivity contribution in [3.05, 3.63) is 0 Å². The molecule has 0 aromatic carbocycles. The Balaban J connectivity index is 2.01. The van der Waals surface area contributed by atoms with Gasteiger partial charge in [-0.05, 0) is 31.1 Å². The molecule has 2 rings (SSSR count). The lowest BCUT2D eigenvalue weighted by atomic mass is 9.84. The van der Waals surface area contributed by atoms with Crippen molar-refractivity contribution in [2.45, 2.75) is 58.4 Å². The third kappa shape index (κ3) is 3.35. The Hall–Kier alpha value is -0.770. The van der Waals surface area contributed by atoms with Gasteiger partial charge in [0.15, 0.2) is 0 Å². The Kier molecular flexibility index (Phi) is 3.92. The minimum absolute atomic E-state index is 0.381. The fourth-order valence-corrected chi connectivity index (χ4v) is 3.02. The minimum Gasteiger partial charge on any atom is -0.341 e. The maximum Gasteiger partial charge on any atom is 0.208 e. The molecule has 1 aliphatic carbocycles. The molecule has 4 heteroatoms. The van der Waals surface area contributed by atoms with Gasteiger partial charge in [0.1, 0.15) is 0 Å². The number of nitrogens with two attached hydrogens (primary N) is 1. The van der Waals surface area contributed by atoms with Gasteiger partial charge in [0.05, 0.1) is 6.04 Å². The maximum absolute atomic E-state index is 5.65. The normalized spacial score (nSPS) is 26.3. The zero-order valence-corrected chi connectivity index (χ0v) is 11.2. The van der Waals surface area contributed by atoms with Crippen molar-refractivity contribution in [2.24, 2.45) is 16.3 Å². The number of nitrogens with one attached hydrogen (secondary N) is 1. The molecular formula is C13H26N4. The van der Waals surface area contributed by atoms with E-state index in [9.17, 15) is 0 Å². The third-order valence-electron chi connectivity index (χ3n) is 3.96. The van der Waals surface area contributed by atoms with E-state index in [4.69, 9.17) is 10.8 Å². The summed E-state index contributed by atoms with van der Waals surface area (Å²) in [5.41, 5.74) is 3.19. The molecule has 2 fully saturated rings. The highest BCUT2D eigenvalue weighted by Crippen LogP contribution is 2.29. The van der Waals surface area contributed by atoms with E-state index < -0.39 is 0 Å². The summed E-state index contributed by atoms with van der Waals surface area (Å²) in [6.45, 7) is 6.79. The highest BCUT2D eigenvalue weighted by atomic mass is 15.4. The molecule has 0 aromatic heterocycles. The largest absolute Gasteiger partial charge is 0.341 e. The summed E-state index contributed by atoms with van der Waals surface area (Å²) >= 11 is 0. The van der Waals surface area contributed by atoms with E-state index in [2.05, 4.69) is 24.2 Å². The van der Waals surface area contributed by atoms with Crippen molar-refractivity contribution in [2.75, 3.05) is 13.1 Å². The van der Waals surface area contributed by atoms with Crippen LogP contribution in [0.1, 0.15) is 52.4 Å². The molecule has 0 aromatic rings. The molecule has 98 valence electrons. The molecule has 1 heterocycles. The van der Waals surface area contributed by atoms with Gasteiger partial charge in [0.2, 0.25) is 5.96 Å². The fraction of sp³-hybridized carbons (Fsp3) is 0.923. The van der Waals surface area contributed by atoms with Crippen molar-refractivity contribution < 1.29 is 0 Å². The lowest BCUT2D eigenvalue weighted by molar-refractivity contribution is 0.174. The molecule has 1 saturated carbocycles. The van der Waals surface area contributed by atoms with E-state index in [1.54, 1.807) is 0 Å². The molecule has 2 aliphatic rings. The number of likely N-dealkylation sites (tertiary alicyclic amines) is 1. The second-order valence-corrected chi connectivity index (χ2v) is 6.22. The van der Waals surface area contributed by atoms with Gasteiger partial charge in [-0.15, -0.1) is 0 Å². The summed E-state index contributed by atoms with van der Waals surface area (Å²) in [5, 5.41) is 0. The van der Waals surface area contributed by atoms with Gasteiger partial charge in [0, 0.05) is 13.1 Å². The number of hydrogen-bond donors (Lipinski definition) is 2. The quantitative estimate of drug-likeness (QED) is 0.317. The number of nitrogens with zero attached hydrogens (tertiary/aromatic N) is 2. The van der Waals surface area contributed by atoms with Crippen LogP contribution < -0.4 is 11.3 Å². The zero-order chi connectivity index (χ0) is 12.3. The first kappa shape index (κ1) is 12.7. The monoisotopic (exact) mass is 238 g/mol. The molecule has 1 aliphatic heterocycles. The van der Waals surface area contributed by atoms with E-state index in [0.29, 0.717) is 11.5 Å². The average molecular weight is 238 g/mol. The lowest BCUT2D eigenvalue weighted by Gasteiger charge is -2.39. The van der Waals surface area contributed by atoms with Crippen molar-refractivity contribution in [3.8, 4) is 0 Å². The maximum atomic E-state index is 5.65. The number of hydrazine groups is 1. The first-order valence-electron chi connectivity index (χ1n) is 6.90. The van der Waals surface area contributed by atoms with Crippen LogP contribution in [0.25, 0.3) is 0 Å². The number of rotatable bonds is 1. The molecule has 0 amide bonds. The van der Waals surface area contributed by atoms with Crippen LogP contribution >= 0.6 is 0 Å². The Bertz CT molecular complexity index is 279. The van der Waals surface area contributed by atoms with Gasteiger partial charge in [0.25, 0.3) is 0 Å². The predicted molar refractivity (Wildman–Crippen MR) is 71.6 cm³/mol. The Morgan fingerprint density at radius 2 is 2.00 bits per heavy atom. The first-order chi connectivity index (χ1) is 8.11. The summed E-state index contributed by atoms with van der Waals surface area (Å²) < 4.78 is 0. The smallest absolute Gasteiger partial charge is 0.208 e. The average Bonchev–Trinajstić information content (AvgIpc) is 2.77. The predicted octanol–water partition coefficient (Wildman–Crippen LogP) is 1.87. The van der Waals surface area contributed by atoms with Crippen LogP contribution in [0, 0.1) is 5.41 Å². The lowest BCUT2D eigenvalue weighted by Crippen LogP contribution is -2.51. The van der Waals surface area contributed by atoms with Gasteiger partial charge >= 0.3 is 0 Å². The second kappa shape index (κ2) is 5.25. The molecule has 4 nitrogen and oxygen atoms in total. The Morgan fingerprint density at radius 3 is 2.59 bits per heavy atom. The Morgan fingerprint density at radius 1 is 1.29 bits per heavy atom. The van der Waals surface area contributed by atoms with Crippen LogP contribution in [0.3, 0.4) is 0 Å². The third-order valence-corrected chi connectivity index (χ3v) is 3.96. The zero-order valence-electron chi connectivity index (χ0n) is 11.2. The summed E-state index contributed by atoms with van der Waals surface area (Å²) in [5.74, 6) is 6.55. The van der Waals surface area contributed by atoms with Crippen LogP contribution in [0.5, 0.6) is 0 Å². The summed E-state index contributed by atoms with van der Waals surface area (Å²) in [6.07, 6.45) is 7.61. The van der Waals surface area contributed by atoms with Crippen molar-refractivity contribution in [1.29, 1.82) is 0 Å². The standard InChI is InChI=1S/C13H26N4/c1-13(2)8-5-9-17(10-13)12(16-14)15-11-6-3-4-7-11/h11H,3-10,14H2,1-2H3,(H,15,16). The van der Waals surface area contributed by atoms with Gasteiger partial charge in [-0.3, -0.25) is 5.43 Å². The van der Waals surface area contributed by atoms with Gasteiger partial charge in [-0.2, -0.15) is 0 Å². The first-order valence-corrected chi connectivity index (χ1v) is 6.90. The van der Waals surface area contributed by atoms with Crippen LogP contribution in [0.2, 0.25) is 0 Å². The van der Waals surface area contributed by atoms with E-state index in [-0.39, 0.29) is 0 Å². The molecule has 0 radical (unpaired) electrons.